The Labute approximate surface area is 177 Å². The summed E-state index contributed by atoms with van der Waals surface area (Å²) in [6.07, 6.45) is 22.4. The molecule has 0 atom stereocenters. The molecule has 158 valence electrons. The van der Waals surface area contributed by atoms with E-state index in [1.807, 2.05) is 12.1 Å². The average Bonchev–Trinajstić information content (AvgIpc) is 2.76. The first-order valence-corrected chi connectivity index (χ1v) is 12.1. The molecule has 2 aliphatic rings. The fraction of sp³-hybridized carbons (Fsp3) is 0.667. The molecule has 1 aromatic rings. The Morgan fingerprint density at radius 2 is 1.59 bits per heavy atom. The van der Waals surface area contributed by atoms with Crippen LogP contribution in [0.4, 0.5) is 4.39 Å². The first-order valence-electron chi connectivity index (χ1n) is 12.1. The second-order valence-corrected chi connectivity index (χ2v) is 9.48. The van der Waals surface area contributed by atoms with Gasteiger partial charge in [-0.1, -0.05) is 57.2 Å². The van der Waals surface area contributed by atoms with Gasteiger partial charge in [-0.2, -0.15) is 5.26 Å². The van der Waals surface area contributed by atoms with Gasteiger partial charge in [0.2, 0.25) is 0 Å². The van der Waals surface area contributed by atoms with E-state index in [4.69, 9.17) is 5.26 Å². The van der Waals surface area contributed by atoms with E-state index >= 15 is 0 Å². The van der Waals surface area contributed by atoms with Crippen LogP contribution in [0.3, 0.4) is 0 Å². The van der Waals surface area contributed by atoms with Crippen LogP contribution >= 0.6 is 0 Å². The molecule has 29 heavy (non-hydrogen) atoms. The molecule has 0 N–H and O–H groups in total. The van der Waals surface area contributed by atoms with Crippen LogP contribution in [0.2, 0.25) is 0 Å². The molecule has 2 heteroatoms. The summed E-state index contributed by atoms with van der Waals surface area (Å²) in [6.45, 7) is 2.29. The smallest absolute Gasteiger partial charge is 0.141 e. The molecule has 2 fully saturated rings. The van der Waals surface area contributed by atoms with Crippen molar-refractivity contribution in [2.45, 2.75) is 96.3 Å². The third kappa shape index (κ3) is 6.70. The predicted octanol–water partition coefficient (Wildman–Crippen LogP) is 8.30. The number of allylic oxidation sites excluding steroid dienone is 2. The lowest BCUT2D eigenvalue weighted by Crippen LogP contribution is -2.15. The molecule has 0 bridgehead atoms. The van der Waals surface area contributed by atoms with Gasteiger partial charge in [-0.3, -0.25) is 0 Å². The summed E-state index contributed by atoms with van der Waals surface area (Å²) in [4.78, 5) is 0. The van der Waals surface area contributed by atoms with E-state index in [1.54, 1.807) is 12.1 Å². The lowest BCUT2D eigenvalue weighted by atomic mass is 9.76. The van der Waals surface area contributed by atoms with E-state index in [2.05, 4.69) is 19.1 Å². The van der Waals surface area contributed by atoms with Crippen LogP contribution in [0.1, 0.15) is 107 Å². The highest BCUT2D eigenvalue weighted by molar-refractivity contribution is 5.35. The Hall–Kier alpha value is -1.62. The molecule has 0 aliphatic heterocycles. The SMILES string of the molecule is CCCCCC[C@H]1CC[C@H](C=C[C@H]2CC[C@H](c3ccc(C#N)c(F)c3)CC2)CC1. The number of hydrogen-bond acceptors (Lipinski definition) is 1. The van der Waals surface area contributed by atoms with Gasteiger partial charge in [0.1, 0.15) is 11.9 Å². The monoisotopic (exact) mass is 395 g/mol. The predicted molar refractivity (Wildman–Crippen MR) is 119 cm³/mol. The Morgan fingerprint density at radius 3 is 2.17 bits per heavy atom. The van der Waals surface area contributed by atoms with Crippen LogP contribution in [-0.4, -0.2) is 0 Å². The summed E-state index contributed by atoms with van der Waals surface area (Å²) < 4.78 is 13.9. The number of rotatable bonds is 8. The van der Waals surface area contributed by atoms with Gasteiger partial charge in [-0.15, -0.1) is 0 Å². The minimum Gasteiger partial charge on any atom is -0.206 e. The summed E-state index contributed by atoms with van der Waals surface area (Å²) in [5.41, 5.74) is 1.22. The van der Waals surface area contributed by atoms with Crippen molar-refractivity contribution in [3.05, 3.63) is 47.3 Å². The van der Waals surface area contributed by atoms with Crippen molar-refractivity contribution in [1.82, 2.24) is 0 Å². The summed E-state index contributed by atoms with van der Waals surface area (Å²) in [6, 6.07) is 7.08. The van der Waals surface area contributed by atoms with E-state index < -0.39 is 0 Å². The maximum atomic E-state index is 13.9. The standard InChI is InChI=1S/C27H38FN/c1-2-3-4-5-6-21-7-9-22(10-8-21)11-12-23-13-15-24(16-14-23)25-17-18-26(20-29)27(28)19-25/h11-12,17-19,21-24H,2-10,13-16H2,1H3/t21-,22-,23-,24-. The topological polar surface area (TPSA) is 23.8 Å². The van der Waals surface area contributed by atoms with Crippen molar-refractivity contribution >= 4 is 0 Å². The molecule has 0 radical (unpaired) electrons. The van der Waals surface area contributed by atoms with Gasteiger partial charge >= 0.3 is 0 Å². The molecular formula is C27H38FN. The molecule has 2 saturated carbocycles. The van der Waals surface area contributed by atoms with Crippen LogP contribution in [0.25, 0.3) is 0 Å². The van der Waals surface area contributed by atoms with Crippen LogP contribution in [0, 0.1) is 34.9 Å². The Balaban J connectivity index is 1.37. The van der Waals surface area contributed by atoms with Gasteiger partial charge in [-0.25, -0.2) is 4.39 Å². The highest BCUT2D eigenvalue weighted by Gasteiger charge is 2.23. The molecule has 1 aromatic carbocycles. The van der Waals surface area contributed by atoms with E-state index in [1.165, 1.54) is 70.6 Å². The molecular weight excluding hydrogens is 357 g/mol. The number of benzene rings is 1. The Morgan fingerprint density at radius 1 is 0.931 bits per heavy atom. The number of halogens is 1. The molecule has 0 spiro atoms. The molecule has 0 saturated heterocycles. The highest BCUT2D eigenvalue weighted by Crippen LogP contribution is 2.38. The first kappa shape index (κ1) is 22.1. The van der Waals surface area contributed by atoms with E-state index in [0.29, 0.717) is 11.8 Å². The zero-order chi connectivity index (χ0) is 20.5. The highest BCUT2D eigenvalue weighted by atomic mass is 19.1. The van der Waals surface area contributed by atoms with Crippen LogP contribution in [0.5, 0.6) is 0 Å². The Kier molecular flexibility index (Phi) is 8.78. The largest absolute Gasteiger partial charge is 0.206 e. The molecule has 3 rings (SSSR count). The summed E-state index contributed by atoms with van der Waals surface area (Å²) >= 11 is 0. The van der Waals surface area contributed by atoms with Crippen LogP contribution in [-0.2, 0) is 0 Å². The van der Waals surface area contributed by atoms with E-state index in [-0.39, 0.29) is 11.4 Å². The summed E-state index contributed by atoms with van der Waals surface area (Å²) in [5, 5.41) is 8.90. The van der Waals surface area contributed by atoms with Crippen LogP contribution < -0.4 is 0 Å². The third-order valence-corrected chi connectivity index (χ3v) is 7.37. The minimum absolute atomic E-state index is 0.154. The van der Waals surface area contributed by atoms with Crippen molar-refractivity contribution < 1.29 is 4.39 Å². The minimum atomic E-state index is -0.368. The molecule has 0 unspecified atom stereocenters. The lowest BCUT2D eigenvalue weighted by Gasteiger charge is -2.29. The quantitative estimate of drug-likeness (QED) is 0.321. The normalized spacial score (nSPS) is 27.8. The second kappa shape index (κ2) is 11.5. The fourth-order valence-electron chi connectivity index (χ4n) is 5.36. The van der Waals surface area contributed by atoms with Gasteiger partial charge in [-0.05, 0) is 92.7 Å². The molecule has 0 amide bonds. The maximum absolute atomic E-state index is 13.9. The van der Waals surface area contributed by atoms with Crippen molar-refractivity contribution in [2.75, 3.05) is 0 Å². The van der Waals surface area contributed by atoms with Crippen molar-refractivity contribution in [2.24, 2.45) is 17.8 Å². The maximum Gasteiger partial charge on any atom is 0.141 e. The number of nitrogens with zero attached hydrogens (tertiary/aromatic N) is 1. The van der Waals surface area contributed by atoms with Crippen molar-refractivity contribution in [3.63, 3.8) is 0 Å². The average molecular weight is 396 g/mol. The van der Waals surface area contributed by atoms with Crippen LogP contribution in [0.15, 0.2) is 30.4 Å². The van der Waals surface area contributed by atoms with E-state index in [9.17, 15) is 4.39 Å². The molecule has 0 heterocycles. The van der Waals surface area contributed by atoms with Gasteiger partial charge in [0.05, 0.1) is 5.56 Å². The van der Waals surface area contributed by atoms with Gasteiger partial charge in [0, 0.05) is 0 Å². The number of nitriles is 1. The second-order valence-electron chi connectivity index (χ2n) is 9.48. The van der Waals surface area contributed by atoms with E-state index in [0.717, 1.165) is 30.2 Å². The molecule has 2 aliphatic carbocycles. The first-order chi connectivity index (χ1) is 14.2. The van der Waals surface area contributed by atoms with Crippen molar-refractivity contribution in [3.8, 4) is 6.07 Å². The molecule has 1 nitrogen and oxygen atoms in total. The third-order valence-electron chi connectivity index (χ3n) is 7.37. The fourth-order valence-corrected chi connectivity index (χ4v) is 5.36. The number of unbranched alkanes of at least 4 members (excludes halogenated alkanes) is 3. The van der Waals surface area contributed by atoms with Crippen molar-refractivity contribution in [1.29, 1.82) is 5.26 Å². The summed E-state index contributed by atoms with van der Waals surface area (Å²) in [7, 11) is 0. The van der Waals surface area contributed by atoms with Gasteiger partial charge in [0.25, 0.3) is 0 Å². The molecule has 0 aromatic heterocycles. The zero-order valence-corrected chi connectivity index (χ0v) is 18.2. The Bertz CT molecular complexity index is 685. The van der Waals surface area contributed by atoms with Gasteiger partial charge < -0.3 is 0 Å². The zero-order valence-electron chi connectivity index (χ0n) is 18.2. The lowest BCUT2D eigenvalue weighted by molar-refractivity contribution is 0.287. The number of hydrogen-bond donors (Lipinski definition) is 0. The van der Waals surface area contributed by atoms with Gasteiger partial charge in [0.15, 0.2) is 0 Å². The summed E-state index contributed by atoms with van der Waals surface area (Å²) in [5.74, 6) is 2.56.